The van der Waals surface area contributed by atoms with E-state index in [1.807, 2.05) is 11.0 Å². The largest absolute Gasteiger partial charge is 0.369 e. The number of rotatable bonds is 7. The number of nitrogens with one attached hydrogen (secondary N) is 2. The lowest BCUT2D eigenvalue weighted by Gasteiger charge is -2.29. The molecule has 0 radical (unpaired) electrons. The van der Waals surface area contributed by atoms with Crippen LogP contribution in [0.3, 0.4) is 0 Å². The zero-order valence-corrected chi connectivity index (χ0v) is 15.7. The van der Waals surface area contributed by atoms with Crippen molar-refractivity contribution < 1.29 is 14.3 Å². The molecular formula is C18H26ClN3O3. The third kappa shape index (κ3) is 5.90. The van der Waals surface area contributed by atoms with Crippen molar-refractivity contribution in [3.8, 4) is 0 Å². The summed E-state index contributed by atoms with van der Waals surface area (Å²) in [7, 11) is 0. The van der Waals surface area contributed by atoms with E-state index in [1.54, 1.807) is 19.1 Å². The van der Waals surface area contributed by atoms with E-state index in [2.05, 4.69) is 24.5 Å². The standard InChI is InChI=1S/C18H26ClN3O3/c1-12(2)6-9-25-13(3)18(24)21-14-4-5-16(15(19)10-14)22-8-7-20-17(23)11-22/h4-5,10,12-13H,6-9,11H2,1-3H3,(H,20,23)(H,21,24). The SMILES string of the molecule is CC(C)CCOC(C)C(=O)Nc1ccc(N2CCNC(=O)C2)c(Cl)c1. The monoisotopic (exact) mass is 367 g/mol. The van der Waals surface area contributed by atoms with Gasteiger partial charge in [0, 0.05) is 25.4 Å². The molecule has 6 nitrogen and oxygen atoms in total. The molecule has 2 N–H and O–H groups in total. The molecular weight excluding hydrogens is 342 g/mol. The van der Waals surface area contributed by atoms with Crippen LogP contribution in [0.4, 0.5) is 11.4 Å². The number of carbonyl (C=O) groups excluding carboxylic acids is 2. The van der Waals surface area contributed by atoms with Gasteiger partial charge in [0.25, 0.3) is 5.91 Å². The van der Waals surface area contributed by atoms with Gasteiger partial charge in [-0.2, -0.15) is 0 Å². The van der Waals surface area contributed by atoms with Crippen LogP contribution >= 0.6 is 11.6 Å². The van der Waals surface area contributed by atoms with Crippen LogP contribution in [0, 0.1) is 5.92 Å². The molecule has 2 rings (SSSR count). The summed E-state index contributed by atoms with van der Waals surface area (Å²) < 4.78 is 5.55. The van der Waals surface area contributed by atoms with E-state index in [9.17, 15) is 9.59 Å². The van der Waals surface area contributed by atoms with E-state index in [0.717, 1.165) is 12.1 Å². The lowest BCUT2D eigenvalue weighted by Crippen LogP contribution is -2.47. The maximum atomic E-state index is 12.2. The topological polar surface area (TPSA) is 70.7 Å². The summed E-state index contributed by atoms with van der Waals surface area (Å²) in [4.78, 5) is 25.6. The fourth-order valence-electron chi connectivity index (χ4n) is 2.49. The molecule has 1 unspecified atom stereocenters. The van der Waals surface area contributed by atoms with E-state index < -0.39 is 6.10 Å². The van der Waals surface area contributed by atoms with E-state index in [0.29, 0.717) is 36.3 Å². The van der Waals surface area contributed by atoms with Crippen molar-refractivity contribution in [1.29, 1.82) is 0 Å². The Morgan fingerprint density at radius 3 is 2.80 bits per heavy atom. The predicted molar refractivity (Wildman–Crippen MR) is 100 cm³/mol. The molecule has 1 aromatic carbocycles. The van der Waals surface area contributed by atoms with Gasteiger partial charge < -0.3 is 20.3 Å². The fraction of sp³-hybridized carbons (Fsp3) is 0.556. The Kier molecular flexibility index (Phi) is 7.08. The molecule has 1 aliphatic heterocycles. The summed E-state index contributed by atoms with van der Waals surface area (Å²) >= 11 is 6.34. The summed E-state index contributed by atoms with van der Waals surface area (Å²) in [5, 5.41) is 6.09. The van der Waals surface area contributed by atoms with Gasteiger partial charge in [0.15, 0.2) is 0 Å². The van der Waals surface area contributed by atoms with Crippen molar-refractivity contribution in [1.82, 2.24) is 5.32 Å². The summed E-state index contributed by atoms with van der Waals surface area (Å²) in [5.41, 5.74) is 1.40. The summed E-state index contributed by atoms with van der Waals surface area (Å²) in [5.74, 6) is 0.315. The van der Waals surface area contributed by atoms with Crippen LogP contribution in [0.15, 0.2) is 18.2 Å². The Hall–Kier alpha value is -1.79. The molecule has 0 spiro atoms. The Balaban J connectivity index is 1.93. The Labute approximate surface area is 153 Å². The second kappa shape index (κ2) is 9.06. The molecule has 0 bridgehead atoms. The molecule has 1 atom stereocenters. The minimum atomic E-state index is -0.525. The Morgan fingerprint density at radius 2 is 2.16 bits per heavy atom. The number of halogens is 1. The smallest absolute Gasteiger partial charge is 0.253 e. The highest BCUT2D eigenvalue weighted by Gasteiger charge is 2.19. The average Bonchev–Trinajstić information content (AvgIpc) is 2.54. The number of amides is 2. The fourth-order valence-corrected chi connectivity index (χ4v) is 2.79. The lowest BCUT2D eigenvalue weighted by molar-refractivity contribution is -0.126. The second-order valence-corrected chi connectivity index (χ2v) is 7.03. The lowest BCUT2D eigenvalue weighted by atomic mass is 10.1. The maximum absolute atomic E-state index is 12.2. The number of nitrogens with zero attached hydrogens (tertiary/aromatic N) is 1. The molecule has 1 fully saturated rings. The highest BCUT2D eigenvalue weighted by atomic mass is 35.5. The van der Waals surface area contributed by atoms with Crippen molar-refractivity contribution in [3.63, 3.8) is 0 Å². The normalized spacial score (nSPS) is 15.9. The minimum Gasteiger partial charge on any atom is -0.369 e. The van der Waals surface area contributed by atoms with E-state index in [4.69, 9.17) is 16.3 Å². The highest BCUT2D eigenvalue weighted by molar-refractivity contribution is 6.33. The quantitative estimate of drug-likeness (QED) is 0.777. The summed E-state index contributed by atoms with van der Waals surface area (Å²) in [6.07, 6.45) is 0.393. The van der Waals surface area contributed by atoms with Crippen molar-refractivity contribution >= 4 is 34.8 Å². The molecule has 1 saturated heterocycles. The number of anilines is 2. The molecule has 138 valence electrons. The van der Waals surface area contributed by atoms with Gasteiger partial charge in [0.2, 0.25) is 5.91 Å². The highest BCUT2D eigenvalue weighted by Crippen LogP contribution is 2.29. The van der Waals surface area contributed by atoms with Gasteiger partial charge >= 0.3 is 0 Å². The van der Waals surface area contributed by atoms with Crippen LogP contribution in [0.1, 0.15) is 27.2 Å². The van der Waals surface area contributed by atoms with Gasteiger partial charge in [-0.05, 0) is 37.5 Å². The van der Waals surface area contributed by atoms with Crippen molar-refractivity contribution in [2.45, 2.75) is 33.3 Å². The van der Waals surface area contributed by atoms with Gasteiger partial charge in [-0.15, -0.1) is 0 Å². The van der Waals surface area contributed by atoms with Gasteiger partial charge in [-0.1, -0.05) is 25.4 Å². The third-order valence-electron chi connectivity index (χ3n) is 4.03. The number of hydrogen-bond donors (Lipinski definition) is 2. The predicted octanol–water partition coefficient (Wildman–Crippen LogP) is 2.67. The van der Waals surface area contributed by atoms with Crippen LogP contribution in [0.25, 0.3) is 0 Å². The zero-order chi connectivity index (χ0) is 18.4. The Morgan fingerprint density at radius 1 is 1.40 bits per heavy atom. The minimum absolute atomic E-state index is 0.0212. The van der Waals surface area contributed by atoms with Crippen LogP contribution < -0.4 is 15.5 Å². The maximum Gasteiger partial charge on any atom is 0.253 e. The van der Waals surface area contributed by atoms with E-state index in [-0.39, 0.29) is 18.4 Å². The molecule has 7 heteroatoms. The number of carbonyl (C=O) groups is 2. The van der Waals surface area contributed by atoms with Crippen molar-refractivity contribution in [2.24, 2.45) is 5.92 Å². The number of benzene rings is 1. The molecule has 25 heavy (non-hydrogen) atoms. The zero-order valence-electron chi connectivity index (χ0n) is 15.0. The van der Waals surface area contributed by atoms with Crippen LogP contribution in [0.2, 0.25) is 5.02 Å². The van der Waals surface area contributed by atoms with Gasteiger partial charge in [-0.3, -0.25) is 9.59 Å². The Bertz CT molecular complexity index is 622. The van der Waals surface area contributed by atoms with Crippen LogP contribution in [-0.4, -0.2) is 44.2 Å². The third-order valence-corrected chi connectivity index (χ3v) is 4.33. The van der Waals surface area contributed by atoms with Crippen molar-refractivity contribution in [3.05, 3.63) is 23.2 Å². The van der Waals surface area contributed by atoms with Gasteiger partial charge in [0.1, 0.15) is 6.10 Å². The number of ether oxygens (including phenoxy) is 1. The molecule has 1 aromatic rings. The van der Waals surface area contributed by atoms with Crippen molar-refractivity contribution in [2.75, 3.05) is 36.5 Å². The van der Waals surface area contributed by atoms with Crippen LogP contribution in [-0.2, 0) is 14.3 Å². The number of hydrogen-bond acceptors (Lipinski definition) is 4. The first kappa shape index (κ1) is 19.5. The molecule has 0 saturated carbocycles. The number of piperazine rings is 1. The van der Waals surface area contributed by atoms with E-state index >= 15 is 0 Å². The molecule has 1 aliphatic rings. The first-order chi connectivity index (χ1) is 11.9. The molecule has 1 heterocycles. The summed E-state index contributed by atoms with van der Waals surface area (Å²) in [6, 6.07) is 5.30. The summed E-state index contributed by atoms with van der Waals surface area (Å²) in [6.45, 7) is 8.11. The van der Waals surface area contributed by atoms with E-state index in [1.165, 1.54) is 0 Å². The average molecular weight is 368 g/mol. The van der Waals surface area contributed by atoms with Gasteiger partial charge in [0.05, 0.1) is 17.3 Å². The first-order valence-corrected chi connectivity index (χ1v) is 8.98. The van der Waals surface area contributed by atoms with Crippen LogP contribution in [0.5, 0.6) is 0 Å². The molecule has 2 amide bonds. The second-order valence-electron chi connectivity index (χ2n) is 6.62. The molecule has 0 aromatic heterocycles. The first-order valence-electron chi connectivity index (χ1n) is 8.60. The molecule has 0 aliphatic carbocycles. The van der Waals surface area contributed by atoms with Gasteiger partial charge in [-0.25, -0.2) is 0 Å².